The molecule has 6 aromatic carbocycles. The number of aromatic nitrogens is 9. The molecule has 0 spiro atoms. The number of carboxylic acids is 3. The third-order valence-electron chi connectivity index (χ3n) is 16.9. The first-order chi connectivity index (χ1) is 46.8. The van der Waals surface area contributed by atoms with Crippen molar-refractivity contribution in [1.82, 2.24) is 45.0 Å². The minimum Gasteiger partial charge on any atom is -0.493 e. The van der Waals surface area contributed by atoms with Crippen LogP contribution in [0, 0.1) is 0 Å². The summed E-state index contributed by atoms with van der Waals surface area (Å²) >= 11 is 0. The number of nitrogens with zero attached hydrogens (tertiary/aromatic N) is 9. The Labute approximate surface area is 549 Å². The molecule has 23 rings (SSSR count). The molecule has 0 saturated carbocycles. The van der Waals surface area contributed by atoms with Crippen LogP contribution in [0.15, 0.2) is 91.4 Å². The molecule has 0 amide bonds. The molecule has 3 N–H and O–H groups in total. The van der Waals surface area contributed by atoms with Crippen LogP contribution in [0.5, 0.6) is 69.0 Å². The van der Waals surface area contributed by atoms with Gasteiger partial charge in [0, 0.05) is 0 Å². The van der Waals surface area contributed by atoms with Gasteiger partial charge in [-0.1, -0.05) is 15.6 Å². The van der Waals surface area contributed by atoms with Gasteiger partial charge in [0.1, 0.15) is 76.5 Å². The molecule has 0 unspecified atom stereocenters. The van der Waals surface area contributed by atoms with E-state index >= 15 is 0 Å². The average Bonchev–Trinajstić information content (AvgIpc) is 1.55. The molecular formula is C69H69N9O18. The van der Waals surface area contributed by atoms with E-state index in [-0.39, 0.29) is 98.4 Å². The Balaban J connectivity index is 0.986. The van der Waals surface area contributed by atoms with Crippen LogP contribution in [0.3, 0.4) is 0 Å². The van der Waals surface area contributed by atoms with E-state index in [1.807, 2.05) is 72.8 Å². The highest BCUT2D eigenvalue weighted by Gasteiger charge is 2.27. The predicted octanol–water partition coefficient (Wildman–Crippen LogP) is 7.82. The summed E-state index contributed by atoms with van der Waals surface area (Å²) in [6.07, 6.45) is 6.98. The monoisotopic (exact) mass is 1310 g/mol. The quantitative estimate of drug-likeness (QED) is 0.0617. The maximum absolute atomic E-state index is 11.5. The van der Waals surface area contributed by atoms with Gasteiger partial charge in [-0.25, -0.2) is 0 Å². The van der Waals surface area contributed by atoms with Crippen LogP contribution in [-0.4, -0.2) is 139 Å². The molecule has 27 nitrogen and oxygen atoms in total. The first-order valence-corrected chi connectivity index (χ1v) is 31.3. The van der Waals surface area contributed by atoms with Crippen LogP contribution < -0.4 is 56.8 Å². The zero-order valence-electron chi connectivity index (χ0n) is 53.0. The van der Waals surface area contributed by atoms with E-state index in [0.717, 1.165) is 66.8 Å². The Morgan fingerprint density at radius 2 is 0.552 bits per heavy atom. The number of hydrogen-bond donors (Lipinski definition) is 3. The lowest BCUT2D eigenvalue weighted by Gasteiger charge is -2.20. The Bertz CT molecular complexity index is 3950. The van der Waals surface area contributed by atoms with Crippen LogP contribution in [0.2, 0.25) is 0 Å². The molecule has 0 saturated heterocycles. The SMILES string of the molecule is COc1cc2c3cc1OCCOc1cc4c(cc1OCc1cn(CCC(=O)O)nn1)Cc1cc5c(OCc6cn(CCC(=O)O)nn6)cc1Cc1cc(c(OCc6cn(CCC(=O)O)nn6)cc1C4)OCCOc1cc(c(cc1OC)Cc1cc(c(OC)cc1C3)OCCO5)C2. The summed E-state index contributed by atoms with van der Waals surface area (Å²) in [5.74, 6) is 2.57. The fraction of sp³-hybridized carbons (Fsp3) is 0.348. The molecule has 498 valence electrons. The van der Waals surface area contributed by atoms with Crippen LogP contribution in [0.4, 0.5) is 0 Å². The molecule has 2 aliphatic carbocycles. The van der Waals surface area contributed by atoms with Crippen molar-refractivity contribution in [2.75, 3.05) is 61.0 Å². The molecular weight excluding hydrogens is 1240 g/mol. The topological polar surface area (TPSA) is 315 Å². The zero-order chi connectivity index (χ0) is 66.2. The van der Waals surface area contributed by atoms with Crippen molar-refractivity contribution < 1.29 is 86.5 Å². The molecule has 15 heterocycles. The minimum absolute atomic E-state index is 0.0458. The van der Waals surface area contributed by atoms with Gasteiger partial charge in [-0.3, -0.25) is 28.4 Å². The van der Waals surface area contributed by atoms with E-state index < -0.39 is 17.9 Å². The molecule has 0 atom stereocenters. The van der Waals surface area contributed by atoms with Crippen molar-refractivity contribution in [2.45, 2.75) is 97.2 Å². The molecule has 18 bridgehead atoms. The highest BCUT2D eigenvalue weighted by atomic mass is 16.6. The Morgan fingerprint density at radius 1 is 0.344 bits per heavy atom. The third-order valence-corrected chi connectivity index (χ3v) is 16.9. The highest BCUT2D eigenvalue weighted by Crippen LogP contribution is 2.45. The van der Waals surface area contributed by atoms with Crippen LogP contribution in [0.1, 0.15) is 103 Å². The largest absolute Gasteiger partial charge is 0.493 e. The van der Waals surface area contributed by atoms with Gasteiger partial charge in [0.15, 0.2) is 69.0 Å². The van der Waals surface area contributed by atoms with Gasteiger partial charge in [0.05, 0.1) is 78.8 Å². The van der Waals surface area contributed by atoms with Gasteiger partial charge < -0.3 is 72.2 Å². The summed E-state index contributed by atoms with van der Waals surface area (Å²) in [4.78, 5) is 34.5. The number of methoxy groups -OCH3 is 3. The van der Waals surface area contributed by atoms with Crippen molar-refractivity contribution >= 4 is 17.9 Å². The van der Waals surface area contributed by atoms with Gasteiger partial charge in [0.2, 0.25) is 0 Å². The van der Waals surface area contributed by atoms with Crippen molar-refractivity contribution in [3.63, 3.8) is 0 Å². The molecule has 9 aromatic rings. The molecule has 27 heteroatoms. The van der Waals surface area contributed by atoms with Crippen LogP contribution >= 0.6 is 0 Å². The molecule has 14 aliphatic rings. The molecule has 3 aromatic heterocycles. The normalized spacial score (nSPS) is 13.8. The number of carbonyl (C=O) groups is 3. The fourth-order valence-electron chi connectivity index (χ4n) is 12.1. The maximum atomic E-state index is 11.5. The second-order valence-corrected chi connectivity index (χ2v) is 23.4. The van der Waals surface area contributed by atoms with E-state index in [1.54, 1.807) is 39.9 Å². The number of hydrogen-bond acceptors (Lipinski definition) is 21. The summed E-state index contributed by atoms with van der Waals surface area (Å²) in [7, 11) is 4.85. The van der Waals surface area contributed by atoms with Crippen LogP contribution in [0.25, 0.3) is 0 Å². The number of aliphatic carboxylic acids is 3. The summed E-state index contributed by atoms with van der Waals surface area (Å²) in [6, 6.07) is 23.9. The third kappa shape index (κ3) is 14.9. The summed E-state index contributed by atoms with van der Waals surface area (Å²) < 4.78 is 83.1. The van der Waals surface area contributed by atoms with Gasteiger partial charge in [-0.2, -0.15) is 0 Å². The average molecular weight is 1310 g/mol. The summed E-state index contributed by atoms with van der Waals surface area (Å²) in [6.45, 7) is 0.640. The first-order valence-electron chi connectivity index (χ1n) is 31.3. The second kappa shape index (κ2) is 28.5. The van der Waals surface area contributed by atoms with Crippen LogP contribution in [-0.2, 0) is 92.4 Å². The summed E-state index contributed by atoms with van der Waals surface area (Å²) in [5.41, 5.74) is 12.4. The molecule has 12 aliphatic heterocycles. The Kier molecular flexibility index (Phi) is 18.9. The van der Waals surface area contributed by atoms with Gasteiger partial charge in [-0.15, -0.1) is 15.3 Å². The fourth-order valence-corrected chi connectivity index (χ4v) is 12.1. The van der Waals surface area contributed by atoms with E-state index in [2.05, 4.69) is 30.9 Å². The van der Waals surface area contributed by atoms with E-state index in [0.29, 0.717) is 125 Å². The lowest BCUT2D eigenvalue weighted by molar-refractivity contribution is -0.138. The predicted molar refractivity (Wildman–Crippen MR) is 338 cm³/mol. The number of aryl methyl sites for hydroxylation is 3. The first kappa shape index (κ1) is 63.5. The zero-order valence-corrected chi connectivity index (χ0v) is 53.0. The minimum atomic E-state index is -0.968. The van der Waals surface area contributed by atoms with E-state index in [4.69, 9.17) is 56.8 Å². The number of rotatable bonds is 21. The molecule has 0 fully saturated rings. The lowest BCUT2D eigenvalue weighted by Crippen LogP contribution is -2.13. The van der Waals surface area contributed by atoms with E-state index in [1.165, 1.54) is 14.0 Å². The highest BCUT2D eigenvalue weighted by molar-refractivity contribution is 5.67. The van der Waals surface area contributed by atoms with Crippen molar-refractivity contribution in [3.8, 4) is 69.0 Å². The van der Waals surface area contributed by atoms with Crippen molar-refractivity contribution in [1.29, 1.82) is 0 Å². The number of carboxylic acid groups (broad SMARTS) is 3. The number of benzene rings is 6. The van der Waals surface area contributed by atoms with Crippen molar-refractivity contribution in [2.24, 2.45) is 0 Å². The maximum Gasteiger partial charge on any atom is 0.305 e. The Morgan fingerprint density at radius 3 is 0.771 bits per heavy atom. The van der Waals surface area contributed by atoms with Gasteiger partial charge >= 0.3 is 17.9 Å². The standard InChI is InChI=1S/C69H69N9O18/c1-85-55-22-40-16-44-26-59-57(87-3)24-42(44)18-45-27-60-56(86-2)23-41(45)17-43(40)25-58(55)88-10-13-91-61-28-46-19-50-32-65(95-38-53-35-77(74-71-53)8-5-68(81)82)62(92-14-11-89-59)30-48(50)21-51-33-66(96-39-54-36-78(75-72-54)9-6-69(83)84)63(93-15-12-90-60)29-47(51)20-49(46)31-64(61)94-37-52-34-76(73-70-52)7-4-67(79)80/h22-36H,4-21,37-39H2,1-3H3,(H,79,80)(H,81,82)(H,83,84). The van der Waals surface area contributed by atoms with Crippen molar-refractivity contribution in [3.05, 3.63) is 175 Å². The Hall–Kier alpha value is -11.3. The van der Waals surface area contributed by atoms with E-state index in [9.17, 15) is 29.7 Å². The number of ether oxygens (including phenoxy) is 12. The lowest BCUT2D eigenvalue weighted by atomic mass is 9.94. The molecule has 96 heavy (non-hydrogen) atoms. The summed E-state index contributed by atoms with van der Waals surface area (Å²) in [5, 5.41) is 53.6. The smallest absolute Gasteiger partial charge is 0.305 e. The molecule has 0 radical (unpaired) electrons. The van der Waals surface area contributed by atoms with Gasteiger partial charge in [0.25, 0.3) is 0 Å². The second-order valence-electron chi connectivity index (χ2n) is 23.4. The van der Waals surface area contributed by atoms with Gasteiger partial charge in [-0.05, 0) is 178 Å².